The summed E-state index contributed by atoms with van der Waals surface area (Å²) in [5.74, 6) is 0.441. The third kappa shape index (κ3) is 8.66. The van der Waals surface area contributed by atoms with Gasteiger partial charge < -0.3 is 23.8 Å². The molecule has 0 atom stereocenters. The number of rotatable bonds is 9. The van der Waals surface area contributed by atoms with E-state index in [1.165, 1.54) is 12.1 Å². The predicted octanol–water partition coefficient (Wildman–Crippen LogP) is 3.41. The van der Waals surface area contributed by atoms with Gasteiger partial charge in [-0.3, -0.25) is 10.1 Å². The monoisotopic (exact) mass is 410 g/mol. The lowest BCUT2D eigenvalue weighted by Crippen LogP contribution is -2.43. The van der Waals surface area contributed by atoms with Gasteiger partial charge in [0.25, 0.3) is 5.69 Å². The van der Waals surface area contributed by atoms with Crippen molar-refractivity contribution in [3.05, 3.63) is 34.4 Å². The fraction of sp³-hybridized carbons (Fsp3) is 0.650. The van der Waals surface area contributed by atoms with Gasteiger partial charge in [-0.1, -0.05) is 6.07 Å². The largest absolute Gasteiger partial charge is 0.491 e. The van der Waals surface area contributed by atoms with Crippen LogP contribution in [0.5, 0.6) is 5.75 Å². The van der Waals surface area contributed by atoms with Crippen LogP contribution in [-0.4, -0.2) is 67.1 Å². The highest BCUT2D eigenvalue weighted by Gasteiger charge is 2.27. The average Bonchev–Trinajstić information content (AvgIpc) is 2.66. The van der Waals surface area contributed by atoms with Crippen LogP contribution in [0.4, 0.5) is 10.5 Å². The third-order valence-corrected chi connectivity index (χ3v) is 4.20. The predicted molar refractivity (Wildman–Crippen MR) is 106 cm³/mol. The Kier molecular flexibility index (Phi) is 8.66. The van der Waals surface area contributed by atoms with E-state index in [9.17, 15) is 14.9 Å². The molecule has 0 saturated carbocycles. The first-order chi connectivity index (χ1) is 13.7. The van der Waals surface area contributed by atoms with Crippen LogP contribution in [0, 0.1) is 10.1 Å². The number of nitro benzene ring substituents is 1. The Labute approximate surface area is 171 Å². The number of nitro groups is 1. The number of hydrogen-bond acceptors (Lipinski definition) is 7. The van der Waals surface area contributed by atoms with Gasteiger partial charge in [-0.2, -0.15) is 0 Å². The van der Waals surface area contributed by atoms with Crippen LogP contribution in [0.1, 0.15) is 33.6 Å². The van der Waals surface area contributed by atoms with E-state index in [-0.39, 0.29) is 17.9 Å². The minimum atomic E-state index is -0.485. The Morgan fingerprint density at radius 2 is 1.86 bits per heavy atom. The van der Waals surface area contributed by atoms with Crippen molar-refractivity contribution in [1.82, 2.24) is 4.90 Å². The molecule has 0 unspecified atom stereocenters. The number of nitrogens with zero attached hydrogens (tertiary/aromatic N) is 2. The normalized spacial score (nSPS) is 15.2. The molecule has 0 spiro atoms. The standard InChI is InChI=1S/C20H30N2O7/c1-20(2,3)29-19(23)21-9-7-17(8-10-21)27-13-11-26-12-14-28-18-6-4-5-16(15-18)22(24)25/h4-6,15,17H,7-14H2,1-3H3. The number of non-ortho nitro benzene ring substituents is 1. The smallest absolute Gasteiger partial charge is 0.410 e. The molecule has 0 N–H and O–H groups in total. The molecule has 1 aliphatic rings. The van der Waals surface area contributed by atoms with E-state index < -0.39 is 10.5 Å². The van der Waals surface area contributed by atoms with E-state index in [1.807, 2.05) is 20.8 Å². The van der Waals surface area contributed by atoms with Crippen LogP contribution < -0.4 is 4.74 Å². The molecule has 1 saturated heterocycles. The first kappa shape index (κ1) is 22.9. The minimum Gasteiger partial charge on any atom is -0.491 e. The number of ether oxygens (including phenoxy) is 4. The van der Waals surface area contributed by atoms with Gasteiger partial charge in [-0.05, 0) is 39.7 Å². The molecular formula is C20H30N2O7. The summed E-state index contributed by atoms with van der Waals surface area (Å²) in [4.78, 5) is 24.0. The zero-order valence-electron chi connectivity index (χ0n) is 17.3. The van der Waals surface area contributed by atoms with Gasteiger partial charge in [0, 0.05) is 19.2 Å². The number of amides is 1. The summed E-state index contributed by atoms with van der Waals surface area (Å²) in [5.41, 5.74) is -0.490. The number of hydrogen-bond donors (Lipinski definition) is 0. The molecule has 1 fully saturated rings. The average molecular weight is 410 g/mol. The van der Waals surface area contributed by atoms with Crippen molar-refractivity contribution in [3.63, 3.8) is 0 Å². The molecule has 1 aromatic carbocycles. The van der Waals surface area contributed by atoms with Gasteiger partial charge in [0.15, 0.2) is 0 Å². The minimum absolute atomic E-state index is 0.00506. The summed E-state index contributed by atoms with van der Waals surface area (Å²) in [6, 6.07) is 6.04. The molecule has 29 heavy (non-hydrogen) atoms. The highest BCUT2D eigenvalue weighted by Crippen LogP contribution is 2.19. The molecule has 9 nitrogen and oxygen atoms in total. The fourth-order valence-corrected chi connectivity index (χ4v) is 2.81. The molecule has 162 valence electrons. The Hall–Kier alpha value is -2.39. The van der Waals surface area contributed by atoms with Crippen LogP contribution in [0.25, 0.3) is 0 Å². The van der Waals surface area contributed by atoms with Crippen molar-refractivity contribution in [2.75, 3.05) is 39.5 Å². The lowest BCUT2D eigenvalue weighted by Gasteiger charge is -2.33. The lowest BCUT2D eigenvalue weighted by atomic mass is 10.1. The van der Waals surface area contributed by atoms with Crippen molar-refractivity contribution in [1.29, 1.82) is 0 Å². The second-order valence-corrected chi connectivity index (χ2v) is 7.75. The number of piperidine rings is 1. The second-order valence-electron chi connectivity index (χ2n) is 7.75. The van der Waals surface area contributed by atoms with Crippen molar-refractivity contribution in [3.8, 4) is 5.75 Å². The number of benzene rings is 1. The highest BCUT2D eigenvalue weighted by atomic mass is 16.6. The van der Waals surface area contributed by atoms with Gasteiger partial charge >= 0.3 is 6.09 Å². The molecule has 1 aliphatic heterocycles. The molecule has 1 aromatic rings. The van der Waals surface area contributed by atoms with Crippen molar-refractivity contribution >= 4 is 11.8 Å². The molecular weight excluding hydrogens is 380 g/mol. The van der Waals surface area contributed by atoms with Crippen LogP contribution in [0.3, 0.4) is 0 Å². The van der Waals surface area contributed by atoms with E-state index in [4.69, 9.17) is 18.9 Å². The maximum Gasteiger partial charge on any atom is 0.410 e. The van der Waals surface area contributed by atoms with E-state index in [1.54, 1.807) is 17.0 Å². The summed E-state index contributed by atoms with van der Waals surface area (Å²) >= 11 is 0. The Balaban J connectivity index is 1.52. The van der Waals surface area contributed by atoms with E-state index in [0.29, 0.717) is 45.3 Å². The molecule has 9 heteroatoms. The first-order valence-corrected chi connectivity index (χ1v) is 9.79. The summed E-state index contributed by atoms with van der Waals surface area (Å²) in [6.07, 6.45) is 1.38. The van der Waals surface area contributed by atoms with Crippen LogP contribution in [0.2, 0.25) is 0 Å². The number of carbonyl (C=O) groups excluding carboxylic acids is 1. The van der Waals surface area contributed by atoms with E-state index in [0.717, 1.165) is 12.8 Å². The molecule has 2 rings (SSSR count). The Bertz CT molecular complexity index is 667. The van der Waals surface area contributed by atoms with Gasteiger partial charge in [-0.25, -0.2) is 4.79 Å². The molecule has 0 bridgehead atoms. The van der Waals surface area contributed by atoms with Gasteiger partial charge in [0.05, 0.1) is 36.9 Å². The number of likely N-dealkylation sites (tertiary alicyclic amines) is 1. The maximum absolute atomic E-state index is 12.0. The van der Waals surface area contributed by atoms with Crippen LogP contribution in [0.15, 0.2) is 24.3 Å². The van der Waals surface area contributed by atoms with E-state index >= 15 is 0 Å². The van der Waals surface area contributed by atoms with E-state index in [2.05, 4.69) is 0 Å². The van der Waals surface area contributed by atoms with Crippen LogP contribution in [-0.2, 0) is 14.2 Å². The number of carbonyl (C=O) groups is 1. The van der Waals surface area contributed by atoms with Gasteiger partial charge in [0.1, 0.15) is 18.0 Å². The lowest BCUT2D eigenvalue weighted by molar-refractivity contribution is -0.384. The molecule has 0 aliphatic carbocycles. The van der Waals surface area contributed by atoms with Crippen molar-refractivity contribution in [2.24, 2.45) is 0 Å². The second kappa shape index (κ2) is 11.0. The summed E-state index contributed by atoms with van der Waals surface area (Å²) in [5, 5.41) is 10.7. The molecule has 1 amide bonds. The van der Waals surface area contributed by atoms with Crippen molar-refractivity contribution in [2.45, 2.75) is 45.3 Å². The van der Waals surface area contributed by atoms with Gasteiger partial charge in [-0.15, -0.1) is 0 Å². The summed E-state index contributed by atoms with van der Waals surface area (Å²) in [7, 11) is 0. The maximum atomic E-state index is 12.0. The topological polar surface area (TPSA) is 100 Å². The quantitative estimate of drug-likeness (QED) is 0.349. The summed E-state index contributed by atoms with van der Waals surface area (Å²) in [6.45, 7) is 8.38. The summed E-state index contributed by atoms with van der Waals surface area (Å²) < 4.78 is 22.1. The zero-order chi connectivity index (χ0) is 21.3. The fourth-order valence-electron chi connectivity index (χ4n) is 2.81. The Morgan fingerprint density at radius 1 is 1.17 bits per heavy atom. The van der Waals surface area contributed by atoms with Gasteiger partial charge in [0.2, 0.25) is 0 Å². The first-order valence-electron chi connectivity index (χ1n) is 9.79. The molecule has 1 heterocycles. The zero-order valence-corrected chi connectivity index (χ0v) is 17.3. The third-order valence-electron chi connectivity index (χ3n) is 4.20. The SMILES string of the molecule is CC(C)(C)OC(=O)N1CCC(OCCOCCOc2cccc([N+](=O)[O-])c2)CC1. The highest BCUT2D eigenvalue weighted by molar-refractivity contribution is 5.68. The van der Waals surface area contributed by atoms with Crippen molar-refractivity contribution < 1.29 is 28.7 Å². The molecule has 0 radical (unpaired) electrons. The van der Waals surface area contributed by atoms with Crippen LogP contribution >= 0.6 is 0 Å². The Morgan fingerprint density at radius 3 is 2.52 bits per heavy atom. The molecule has 0 aromatic heterocycles.